The molecule has 2 heteroatoms. The third-order valence-electron chi connectivity index (χ3n) is 13.3. The maximum absolute atomic E-state index is 6.90. The molecule has 1 aliphatic rings. The molecular weight excluding hydrogens is 733 g/mol. The third kappa shape index (κ3) is 4.55. The van der Waals surface area contributed by atoms with Gasteiger partial charge in [0.2, 0.25) is 0 Å². The quantitative estimate of drug-likeness (QED) is 0.163. The predicted molar refractivity (Wildman–Crippen MR) is 253 cm³/mol. The van der Waals surface area contributed by atoms with Crippen molar-refractivity contribution in [3.8, 4) is 44.5 Å². The Labute approximate surface area is 345 Å². The maximum atomic E-state index is 6.90. The topological polar surface area (TPSA) is 13.1 Å². The Morgan fingerprint density at radius 2 is 0.932 bits per heavy atom. The van der Waals surface area contributed by atoms with E-state index in [9.17, 15) is 0 Å². The summed E-state index contributed by atoms with van der Waals surface area (Å²) in [4.78, 5) is 0. The molecule has 10 aromatic carbocycles. The average molecular weight is 769 g/mol. The van der Waals surface area contributed by atoms with Gasteiger partial charge >= 0.3 is 0 Å². The van der Waals surface area contributed by atoms with Crippen molar-refractivity contribution >= 4 is 85.8 Å². The normalized spacial score (nSPS) is 13.4. The summed E-state index contributed by atoms with van der Waals surface area (Å²) in [6.45, 7) is 4.70. The Morgan fingerprint density at radius 1 is 0.373 bits per heavy atom. The molecule has 0 atom stereocenters. The van der Waals surface area contributed by atoms with E-state index in [1.165, 1.54) is 119 Å². The minimum atomic E-state index is -0.0269. The van der Waals surface area contributed by atoms with Gasteiger partial charge in [0.1, 0.15) is 11.2 Å². The lowest BCUT2D eigenvalue weighted by Crippen LogP contribution is -2.14. The fourth-order valence-electron chi connectivity index (χ4n) is 10.6. The van der Waals surface area contributed by atoms with Crippen LogP contribution in [0.5, 0.6) is 0 Å². The van der Waals surface area contributed by atoms with Gasteiger partial charge in [-0.3, -0.25) is 0 Å². The van der Waals surface area contributed by atoms with Gasteiger partial charge in [0.25, 0.3) is 0 Å². The molecular formula is C57H36OS. The fraction of sp³-hybridized carbons (Fsp3) is 0.0526. The van der Waals surface area contributed by atoms with Crippen LogP contribution in [0.3, 0.4) is 0 Å². The molecule has 12 aromatic rings. The number of benzene rings is 10. The van der Waals surface area contributed by atoms with Gasteiger partial charge < -0.3 is 4.42 Å². The van der Waals surface area contributed by atoms with Crippen molar-refractivity contribution in [2.45, 2.75) is 19.3 Å². The Balaban J connectivity index is 0.986. The molecule has 0 bridgehead atoms. The van der Waals surface area contributed by atoms with Crippen molar-refractivity contribution in [1.82, 2.24) is 0 Å². The standard InChI is InChI=1S/C57H36OS/c1-57(2)47-21-11-9-14-37(47)46-31-35(27-29-48(46)57)53-41-18-7-5-16-39(41)52(40-17-6-8-19-42(40)53)34-25-23-33(24-26-34)45-32-49-54(38-15-4-3-13-36(38)45)44-28-30-51-55(56(44)58-49)43-20-10-12-22-50(43)59-51/h3-32H,1-2H3. The summed E-state index contributed by atoms with van der Waals surface area (Å²) in [6, 6.07) is 67.5. The maximum Gasteiger partial charge on any atom is 0.144 e. The molecule has 2 aromatic heterocycles. The minimum absolute atomic E-state index is 0.0269. The van der Waals surface area contributed by atoms with Crippen LogP contribution in [0.1, 0.15) is 25.0 Å². The van der Waals surface area contributed by atoms with Crippen molar-refractivity contribution in [3.63, 3.8) is 0 Å². The summed E-state index contributed by atoms with van der Waals surface area (Å²) in [5.74, 6) is 0. The van der Waals surface area contributed by atoms with E-state index in [1.54, 1.807) is 0 Å². The van der Waals surface area contributed by atoms with Crippen molar-refractivity contribution < 1.29 is 4.42 Å². The number of thiophene rings is 1. The van der Waals surface area contributed by atoms with E-state index in [1.807, 2.05) is 11.3 Å². The zero-order valence-corrected chi connectivity index (χ0v) is 33.5. The summed E-state index contributed by atoms with van der Waals surface area (Å²) in [5, 5.41) is 12.3. The number of fused-ring (bicyclic) bond motifs is 14. The van der Waals surface area contributed by atoms with Crippen LogP contribution >= 0.6 is 11.3 Å². The van der Waals surface area contributed by atoms with E-state index < -0.39 is 0 Å². The molecule has 0 saturated carbocycles. The molecule has 0 aliphatic heterocycles. The highest BCUT2D eigenvalue weighted by atomic mass is 32.1. The van der Waals surface area contributed by atoms with Crippen molar-refractivity contribution in [2.24, 2.45) is 0 Å². The van der Waals surface area contributed by atoms with Crippen LogP contribution < -0.4 is 0 Å². The third-order valence-corrected chi connectivity index (χ3v) is 14.4. The molecule has 2 heterocycles. The summed E-state index contributed by atoms with van der Waals surface area (Å²) in [5.41, 5.74) is 14.7. The lowest BCUT2D eigenvalue weighted by molar-refractivity contribution is 0.660. The smallest absolute Gasteiger partial charge is 0.144 e. The second-order valence-corrected chi connectivity index (χ2v) is 17.8. The molecule has 13 rings (SSSR count). The highest BCUT2D eigenvalue weighted by Gasteiger charge is 2.35. The summed E-state index contributed by atoms with van der Waals surface area (Å²) in [6.07, 6.45) is 0. The van der Waals surface area contributed by atoms with Crippen LogP contribution in [0.2, 0.25) is 0 Å². The van der Waals surface area contributed by atoms with E-state index in [4.69, 9.17) is 4.42 Å². The second kappa shape index (κ2) is 12.0. The monoisotopic (exact) mass is 768 g/mol. The zero-order valence-electron chi connectivity index (χ0n) is 32.6. The molecule has 0 unspecified atom stereocenters. The highest BCUT2D eigenvalue weighted by Crippen LogP contribution is 2.52. The van der Waals surface area contributed by atoms with E-state index in [0.29, 0.717) is 0 Å². The van der Waals surface area contributed by atoms with Gasteiger partial charge in [-0.15, -0.1) is 11.3 Å². The fourth-order valence-corrected chi connectivity index (χ4v) is 11.7. The van der Waals surface area contributed by atoms with Crippen LogP contribution in [0.4, 0.5) is 0 Å². The molecule has 0 spiro atoms. The number of furan rings is 1. The molecule has 1 nitrogen and oxygen atoms in total. The van der Waals surface area contributed by atoms with Gasteiger partial charge in [0, 0.05) is 36.4 Å². The van der Waals surface area contributed by atoms with Gasteiger partial charge in [0.15, 0.2) is 0 Å². The van der Waals surface area contributed by atoms with Crippen molar-refractivity contribution in [2.75, 3.05) is 0 Å². The predicted octanol–water partition coefficient (Wildman–Crippen LogP) is 16.7. The Hall–Kier alpha value is -7.00. The van der Waals surface area contributed by atoms with Crippen LogP contribution in [0.15, 0.2) is 186 Å². The Morgan fingerprint density at radius 3 is 1.66 bits per heavy atom. The van der Waals surface area contributed by atoms with E-state index >= 15 is 0 Å². The summed E-state index contributed by atoms with van der Waals surface area (Å²) >= 11 is 1.83. The first-order chi connectivity index (χ1) is 29.0. The minimum Gasteiger partial charge on any atom is -0.455 e. The molecule has 0 saturated heterocycles. The lowest BCUT2D eigenvalue weighted by atomic mass is 9.81. The molecule has 0 N–H and O–H groups in total. The van der Waals surface area contributed by atoms with Gasteiger partial charge in [-0.25, -0.2) is 0 Å². The zero-order chi connectivity index (χ0) is 39.0. The van der Waals surface area contributed by atoms with E-state index in [0.717, 1.165) is 11.2 Å². The van der Waals surface area contributed by atoms with Gasteiger partial charge in [0.05, 0.1) is 0 Å². The molecule has 1 aliphatic carbocycles. The average Bonchev–Trinajstić information content (AvgIpc) is 3.93. The number of rotatable bonds is 3. The van der Waals surface area contributed by atoms with Crippen LogP contribution in [0, 0.1) is 0 Å². The second-order valence-electron chi connectivity index (χ2n) is 16.7. The summed E-state index contributed by atoms with van der Waals surface area (Å²) in [7, 11) is 0. The molecule has 0 amide bonds. The van der Waals surface area contributed by atoms with Crippen LogP contribution in [-0.4, -0.2) is 0 Å². The summed E-state index contributed by atoms with van der Waals surface area (Å²) < 4.78 is 9.44. The lowest BCUT2D eigenvalue weighted by Gasteiger charge is -2.22. The van der Waals surface area contributed by atoms with Gasteiger partial charge in [-0.05, 0) is 118 Å². The van der Waals surface area contributed by atoms with Crippen LogP contribution in [0.25, 0.3) is 119 Å². The number of hydrogen-bond donors (Lipinski definition) is 0. The largest absolute Gasteiger partial charge is 0.455 e. The van der Waals surface area contributed by atoms with Crippen LogP contribution in [-0.2, 0) is 5.41 Å². The molecule has 276 valence electrons. The first-order valence-electron chi connectivity index (χ1n) is 20.5. The Kier molecular flexibility index (Phi) is 6.73. The SMILES string of the molecule is CC1(C)c2ccccc2-c2cc(-c3c4ccccc4c(-c4ccc(-c5cc6oc7c(ccc8sc9ccccc9c87)c6c6ccccc56)cc4)c4ccccc34)ccc21. The number of hydrogen-bond acceptors (Lipinski definition) is 2. The van der Waals surface area contributed by atoms with Crippen molar-refractivity contribution in [3.05, 3.63) is 193 Å². The van der Waals surface area contributed by atoms with Gasteiger partial charge in [-0.1, -0.05) is 166 Å². The molecule has 59 heavy (non-hydrogen) atoms. The molecule has 0 fully saturated rings. The molecule has 0 radical (unpaired) electrons. The van der Waals surface area contributed by atoms with E-state index in [2.05, 4.69) is 196 Å². The highest BCUT2D eigenvalue weighted by molar-refractivity contribution is 7.26. The first-order valence-corrected chi connectivity index (χ1v) is 21.3. The van der Waals surface area contributed by atoms with Gasteiger partial charge in [-0.2, -0.15) is 0 Å². The Bertz CT molecular complexity index is 3690. The van der Waals surface area contributed by atoms with Crippen molar-refractivity contribution in [1.29, 1.82) is 0 Å². The first kappa shape index (κ1) is 33.0. The van der Waals surface area contributed by atoms with E-state index in [-0.39, 0.29) is 5.41 Å².